The number of benzene rings is 1. The van der Waals surface area contributed by atoms with Crippen molar-refractivity contribution < 1.29 is 14.6 Å². The molecular formula is C18H22N2O3. The fraction of sp³-hybridized carbons (Fsp3) is 0.500. The number of aliphatic hydroxyl groups excluding tert-OH is 1. The zero-order valence-electron chi connectivity index (χ0n) is 13.1. The van der Waals surface area contributed by atoms with Crippen LogP contribution in [0, 0.1) is 11.8 Å². The van der Waals surface area contributed by atoms with Gasteiger partial charge in [-0.3, -0.25) is 4.79 Å². The van der Waals surface area contributed by atoms with Crippen LogP contribution in [-0.4, -0.2) is 28.7 Å². The zero-order valence-corrected chi connectivity index (χ0v) is 13.1. The van der Waals surface area contributed by atoms with Crippen LogP contribution in [0.4, 0.5) is 0 Å². The molecule has 1 saturated carbocycles. The Labute approximate surface area is 135 Å². The number of nitrogens with zero attached hydrogens (tertiary/aromatic N) is 1. The van der Waals surface area contributed by atoms with E-state index in [9.17, 15) is 9.90 Å². The van der Waals surface area contributed by atoms with Gasteiger partial charge in [-0.2, -0.15) is 0 Å². The molecule has 1 amide bonds. The molecule has 2 N–H and O–H groups in total. The molecule has 23 heavy (non-hydrogen) atoms. The second-order valence-corrected chi connectivity index (χ2v) is 6.73. The highest BCUT2D eigenvalue weighted by Crippen LogP contribution is 2.36. The lowest BCUT2D eigenvalue weighted by Gasteiger charge is -2.14. The third kappa shape index (κ3) is 2.93. The Bertz CT molecular complexity index is 733. The van der Waals surface area contributed by atoms with Crippen LogP contribution in [0.3, 0.4) is 0 Å². The molecule has 1 aromatic carbocycles. The van der Waals surface area contributed by atoms with Crippen LogP contribution in [0.15, 0.2) is 24.3 Å². The summed E-state index contributed by atoms with van der Waals surface area (Å²) in [5.74, 6) is 1.92. The van der Waals surface area contributed by atoms with Crippen molar-refractivity contribution in [3.8, 4) is 5.75 Å². The number of aliphatic hydroxyl groups is 1. The Kier molecular flexibility index (Phi) is 3.73. The third-order valence-corrected chi connectivity index (χ3v) is 4.81. The van der Waals surface area contributed by atoms with Gasteiger partial charge in [-0.05, 0) is 30.9 Å². The van der Waals surface area contributed by atoms with E-state index in [0.29, 0.717) is 19.6 Å². The topological polar surface area (TPSA) is 63.5 Å². The number of aromatic nitrogens is 1. The van der Waals surface area contributed by atoms with Crippen LogP contribution in [0.2, 0.25) is 0 Å². The summed E-state index contributed by atoms with van der Waals surface area (Å²) in [4.78, 5) is 11.3. The molecule has 1 aliphatic carbocycles. The maximum atomic E-state index is 11.3. The van der Waals surface area contributed by atoms with E-state index in [4.69, 9.17) is 4.74 Å². The molecule has 1 aliphatic heterocycles. The second-order valence-electron chi connectivity index (χ2n) is 6.73. The van der Waals surface area contributed by atoms with E-state index in [1.807, 2.05) is 18.2 Å². The summed E-state index contributed by atoms with van der Waals surface area (Å²) in [5, 5.41) is 13.6. The summed E-state index contributed by atoms with van der Waals surface area (Å²) in [7, 11) is 0. The highest BCUT2D eigenvalue weighted by molar-refractivity contribution is 5.87. The van der Waals surface area contributed by atoms with Crippen molar-refractivity contribution >= 4 is 16.8 Å². The predicted molar refractivity (Wildman–Crippen MR) is 87.2 cm³/mol. The van der Waals surface area contributed by atoms with Crippen molar-refractivity contribution in [2.75, 3.05) is 13.2 Å². The lowest BCUT2D eigenvalue weighted by molar-refractivity contribution is -0.119. The number of amides is 1. The van der Waals surface area contributed by atoms with E-state index in [0.717, 1.165) is 34.8 Å². The highest BCUT2D eigenvalue weighted by Gasteiger charge is 2.25. The van der Waals surface area contributed by atoms with Gasteiger partial charge in [0.1, 0.15) is 5.75 Å². The van der Waals surface area contributed by atoms with Gasteiger partial charge in [0.05, 0.1) is 18.7 Å². The van der Waals surface area contributed by atoms with E-state index in [-0.39, 0.29) is 18.4 Å². The molecule has 0 spiro atoms. The number of para-hydroxylation sites is 1. The number of carbonyl (C=O) groups is 1. The van der Waals surface area contributed by atoms with Gasteiger partial charge in [-0.1, -0.05) is 12.1 Å². The minimum absolute atomic E-state index is 0.0435. The molecule has 0 bridgehead atoms. The van der Waals surface area contributed by atoms with Crippen LogP contribution in [-0.2, 0) is 17.9 Å². The number of hydrogen-bond acceptors (Lipinski definition) is 3. The van der Waals surface area contributed by atoms with Gasteiger partial charge >= 0.3 is 0 Å². The van der Waals surface area contributed by atoms with Gasteiger partial charge in [0.15, 0.2) is 0 Å². The van der Waals surface area contributed by atoms with E-state index in [1.165, 1.54) is 12.8 Å². The minimum Gasteiger partial charge on any atom is -0.491 e. The first-order valence-corrected chi connectivity index (χ1v) is 8.36. The Balaban J connectivity index is 1.62. The van der Waals surface area contributed by atoms with Crippen LogP contribution in [0.25, 0.3) is 10.9 Å². The molecule has 2 heterocycles. The van der Waals surface area contributed by atoms with Crippen molar-refractivity contribution in [1.82, 2.24) is 9.88 Å². The second kappa shape index (κ2) is 5.89. The quantitative estimate of drug-likeness (QED) is 0.858. The van der Waals surface area contributed by atoms with Gasteiger partial charge in [-0.15, -0.1) is 0 Å². The Hall–Kier alpha value is -2.01. The third-order valence-electron chi connectivity index (χ3n) is 4.81. The first kappa shape index (κ1) is 14.6. The van der Waals surface area contributed by atoms with Crippen molar-refractivity contribution in [3.05, 3.63) is 30.0 Å². The average molecular weight is 314 g/mol. The number of hydrogen-bond donors (Lipinski definition) is 2. The maximum Gasteiger partial charge on any atom is 0.220 e. The fourth-order valence-electron chi connectivity index (χ4n) is 3.35. The summed E-state index contributed by atoms with van der Waals surface area (Å²) in [6.07, 6.45) is 3.08. The molecule has 0 unspecified atom stereocenters. The summed E-state index contributed by atoms with van der Waals surface area (Å²) in [6.45, 7) is 2.23. The molecule has 1 aromatic heterocycles. The maximum absolute atomic E-state index is 11.3. The zero-order chi connectivity index (χ0) is 15.8. The van der Waals surface area contributed by atoms with Crippen molar-refractivity contribution in [1.29, 1.82) is 0 Å². The number of nitrogens with one attached hydrogen (secondary N) is 1. The summed E-state index contributed by atoms with van der Waals surface area (Å²) in [5.41, 5.74) is 2.02. The highest BCUT2D eigenvalue weighted by atomic mass is 16.5. The number of carbonyl (C=O) groups excluding carboxylic acids is 1. The molecule has 4 rings (SSSR count). The molecule has 0 radical (unpaired) electrons. The fourth-order valence-corrected chi connectivity index (χ4v) is 3.35. The molecule has 1 atom stereocenters. The van der Waals surface area contributed by atoms with Crippen molar-refractivity contribution in [3.63, 3.8) is 0 Å². The Morgan fingerprint density at radius 3 is 2.87 bits per heavy atom. The van der Waals surface area contributed by atoms with Gasteiger partial charge in [0.2, 0.25) is 5.91 Å². The van der Waals surface area contributed by atoms with Gasteiger partial charge < -0.3 is 19.7 Å². The lowest BCUT2D eigenvalue weighted by atomic mass is 10.1. The van der Waals surface area contributed by atoms with Crippen LogP contribution < -0.4 is 10.1 Å². The largest absolute Gasteiger partial charge is 0.491 e. The first-order valence-electron chi connectivity index (χ1n) is 8.36. The molecule has 122 valence electrons. The standard InChI is InChI=1S/C18H22N2O3/c21-10-15-7-14-2-1-3-16(18(14)20(15)9-12-4-5-12)23-11-13-6-17(22)19-8-13/h1-3,7,12-13,21H,4-6,8-11H2,(H,19,22)/t13-/m0/s1. The molecule has 5 nitrogen and oxygen atoms in total. The van der Waals surface area contributed by atoms with Crippen LogP contribution in [0.1, 0.15) is 25.0 Å². The number of fused-ring (bicyclic) bond motifs is 1. The summed E-state index contributed by atoms with van der Waals surface area (Å²) < 4.78 is 8.27. The van der Waals surface area contributed by atoms with Crippen molar-refractivity contribution in [2.45, 2.75) is 32.4 Å². The normalized spacial score (nSPS) is 20.9. The molecule has 5 heteroatoms. The predicted octanol–water partition coefficient (Wildman–Crippen LogP) is 2.06. The van der Waals surface area contributed by atoms with E-state index < -0.39 is 0 Å². The Morgan fingerprint density at radius 1 is 1.30 bits per heavy atom. The van der Waals surface area contributed by atoms with Crippen LogP contribution >= 0.6 is 0 Å². The van der Waals surface area contributed by atoms with E-state index in [1.54, 1.807) is 0 Å². The lowest BCUT2D eigenvalue weighted by Crippen LogP contribution is -2.17. The molecule has 1 saturated heterocycles. The Morgan fingerprint density at radius 2 is 2.17 bits per heavy atom. The monoisotopic (exact) mass is 314 g/mol. The smallest absolute Gasteiger partial charge is 0.220 e. The average Bonchev–Trinajstić information content (AvgIpc) is 3.16. The number of rotatable bonds is 6. The molecule has 2 fully saturated rings. The molecule has 2 aromatic rings. The first-order chi connectivity index (χ1) is 11.2. The molecular weight excluding hydrogens is 292 g/mol. The summed E-state index contributed by atoms with van der Waals surface area (Å²) >= 11 is 0. The molecule has 2 aliphatic rings. The summed E-state index contributed by atoms with van der Waals surface area (Å²) in [6, 6.07) is 8.08. The SMILES string of the molecule is O=C1C[C@H](COc2cccc3cc(CO)n(CC4CC4)c23)CN1. The van der Waals surface area contributed by atoms with E-state index in [2.05, 4.69) is 16.0 Å². The van der Waals surface area contributed by atoms with Gasteiger partial charge in [-0.25, -0.2) is 0 Å². The minimum atomic E-state index is 0.0435. The van der Waals surface area contributed by atoms with Gasteiger partial charge in [0.25, 0.3) is 0 Å². The van der Waals surface area contributed by atoms with E-state index >= 15 is 0 Å². The van der Waals surface area contributed by atoms with Crippen LogP contribution in [0.5, 0.6) is 5.75 Å². The van der Waals surface area contributed by atoms with Crippen molar-refractivity contribution in [2.24, 2.45) is 11.8 Å². The van der Waals surface area contributed by atoms with Gasteiger partial charge in [0, 0.05) is 36.5 Å². The number of ether oxygens (including phenoxy) is 1.